The third-order valence-electron chi connectivity index (χ3n) is 3.25. The molecule has 1 saturated carbocycles. The average molecular weight is 247 g/mol. The normalized spacial score (nSPS) is 19.1. The maximum absolute atomic E-state index is 12.4. The van der Waals surface area contributed by atoms with Crippen molar-refractivity contribution in [3.05, 3.63) is 17.7 Å². The quantitative estimate of drug-likeness (QED) is 0.858. The lowest BCUT2D eigenvalue weighted by Crippen LogP contribution is -2.29. The third-order valence-corrected chi connectivity index (χ3v) is 3.25. The predicted octanol–water partition coefficient (Wildman–Crippen LogP) is 2.88. The molecule has 1 unspecified atom stereocenters. The highest BCUT2D eigenvalue weighted by Crippen LogP contribution is 2.29. The van der Waals surface area contributed by atoms with E-state index in [0.717, 1.165) is 12.7 Å². The van der Waals surface area contributed by atoms with Gasteiger partial charge in [-0.1, -0.05) is 6.42 Å². The molecule has 0 aliphatic heterocycles. The lowest BCUT2D eigenvalue weighted by molar-refractivity contribution is -0.140. The zero-order valence-corrected chi connectivity index (χ0v) is 9.64. The Bertz CT molecular complexity index is 368. The van der Waals surface area contributed by atoms with Crippen molar-refractivity contribution in [2.24, 2.45) is 5.92 Å². The fraction of sp³-hybridized carbons (Fsp3) is 0.727. The zero-order chi connectivity index (χ0) is 12.5. The Morgan fingerprint density at radius 1 is 1.53 bits per heavy atom. The van der Waals surface area contributed by atoms with Crippen molar-refractivity contribution in [1.82, 2.24) is 15.3 Å². The van der Waals surface area contributed by atoms with Gasteiger partial charge in [0.2, 0.25) is 0 Å². The Kier molecular flexibility index (Phi) is 3.42. The molecular weight excluding hydrogens is 231 g/mol. The van der Waals surface area contributed by atoms with E-state index < -0.39 is 11.9 Å². The van der Waals surface area contributed by atoms with Crippen molar-refractivity contribution in [1.29, 1.82) is 0 Å². The lowest BCUT2D eigenvalue weighted by Gasteiger charge is -2.26. The van der Waals surface area contributed by atoms with Gasteiger partial charge in [-0.05, 0) is 32.2 Å². The predicted molar refractivity (Wildman–Crippen MR) is 57.3 cm³/mol. The van der Waals surface area contributed by atoms with Crippen LogP contribution in [0.1, 0.15) is 43.7 Å². The number of hydrogen-bond acceptors (Lipinski definition) is 2. The van der Waals surface area contributed by atoms with E-state index in [2.05, 4.69) is 15.3 Å². The van der Waals surface area contributed by atoms with Crippen molar-refractivity contribution in [3.63, 3.8) is 0 Å². The second-order valence-corrected chi connectivity index (χ2v) is 4.61. The van der Waals surface area contributed by atoms with Gasteiger partial charge in [0.05, 0.1) is 12.2 Å². The summed E-state index contributed by atoms with van der Waals surface area (Å²) >= 11 is 0. The van der Waals surface area contributed by atoms with Gasteiger partial charge in [-0.25, -0.2) is 4.98 Å². The van der Waals surface area contributed by atoms with E-state index >= 15 is 0 Å². The van der Waals surface area contributed by atoms with Crippen LogP contribution in [0.4, 0.5) is 13.2 Å². The Balaban J connectivity index is 1.89. The third kappa shape index (κ3) is 3.00. The van der Waals surface area contributed by atoms with Gasteiger partial charge in [-0.15, -0.1) is 0 Å². The van der Waals surface area contributed by atoms with E-state index in [1.807, 2.05) is 6.92 Å². The SMILES string of the molecule is CC(NCC1CCC1)c1ncc(C(F)(F)F)[nH]1. The number of aromatic amines is 1. The van der Waals surface area contributed by atoms with Gasteiger partial charge < -0.3 is 10.3 Å². The molecule has 1 atom stereocenters. The van der Waals surface area contributed by atoms with Crippen molar-refractivity contribution in [2.75, 3.05) is 6.54 Å². The fourth-order valence-corrected chi connectivity index (χ4v) is 1.84. The molecule has 0 amide bonds. The topological polar surface area (TPSA) is 40.7 Å². The molecule has 1 heterocycles. The van der Waals surface area contributed by atoms with E-state index in [1.54, 1.807) is 0 Å². The fourth-order valence-electron chi connectivity index (χ4n) is 1.84. The number of rotatable bonds is 4. The second kappa shape index (κ2) is 4.68. The van der Waals surface area contributed by atoms with E-state index in [1.165, 1.54) is 19.3 Å². The summed E-state index contributed by atoms with van der Waals surface area (Å²) < 4.78 is 37.1. The summed E-state index contributed by atoms with van der Waals surface area (Å²) in [5, 5.41) is 3.20. The first-order chi connectivity index (χ1) is 7.97. The molecule has 1 aliphatic carbocycles. The van der Waals surface area contributed by atoms with Crippen LogP contribution in [0.15, 0.2) is 6.20 Å². The molecule has 1 aliphatic rings. The summed E-state index contributed by atoms with van der Waals surface area (Å²) in [4.78, 5) is 6.08. The monoisotopic (exact) mass is 247 g/mol. The van der Waals surface area contributed by atoms with Gasteiger partial charge in [0, 0.05) is 0 Å². The summed E-state index contributed by atoms with van der Waals surface area (Å²) in [6.07, 6.45) is 0.187. The number of alkyl halides is 3. The van der Waals surface area contributed by atoms with Gasteiger partial charge >= 0.3 is 6.18 Å². The van der Waals surface area contributed by atoms with Crippen LogP contribution in [-0.2, 0) is 6.18 Å². The van der Waals surface area contributed by atoms with Gasteiger partial charge in [0.25, 0.3) is 0 Å². The molecule has 6 heteroatoms. The molecule has 2 N–H and O–H groups in total. The molecule has 0 radical (unpaired) electrons. The van der Waals surface area contributed by atoms with Crippen LogP contribution >= 0.6 is 0 Å². The van der Waals surface area contributed by atoms with E-state index in [4.69, 9.17) is 0 Å². The smallest absolute Gasteiger partial charge is 0.337 e. The van der Waals surface area contributed by atoms with Crippen LogP contribution in [0.25, 0.3) is 0 Å². The second-order valence-electron chi connectivity index (χ2n) is 4.61. The average Bonchev–Trinajstić information content (AvgIpc) is 2.62. The highest BCUT2D eigenvalue weighted by molar-refractivity contribution is 5.07. The molecule has 96 valence electrons. The van der Waals surface area contributed by atoms with Crippen LogP contribution < -0.4 is 5.32 Å². The summed E-state index contributed by atoms with van der Waals surface area (Å²) in [5.41, 5.74) is -0.787. The Morgan fingerprint density at radius 2 is 2.24 bits per heavy atom. The van der Waals surface area contributed by atoms with Gasteiger partial charge in [-0.3, -0.25) is 0 Å². The first-order valence-corrected chi connectivity index (χ1v) is 5.82. The summed E-state index contributed by atoms with van der Waals surface area (Å²) in [5.74, 6) is 1.02. The zero-order valence-electron chi connectivity index (χ0n) is 9.64. The van der Waals surface area contributed by atoms with Gasteiger partial charge in [0.1, 0.15) is 11.5 Å². The molecule has 17 heavy (non-hydrogen) atoms. The number of imidazole rings is 1. The molecule has 0 saturated heterocycles. The number of H-pyrrole nitrogens is 1. The van der Waals surface area contributed by atoms with Crippen LogP contribution in [0.2, 0.25) is 0 Å². The molecular formula is C11H16F3N3. The van der Waals surface area contributed by atoms with E-state index in [0.29, 0.717) is 11.7 Å². The molecule has 3 nitrogen and oxygen atoms in total. The van der Waals surface area contributed by atoms with Gasteiger partial charge in [-0.2, -0.15) is 13.2 Å². The molecule has 1 aromatic heterocycles. The molecule has 0 bridgehead atoms. The van der Waals surface area contributed by atoms with Crippen molar-refractivity contribution >= 4 is 0 Å². The first kappa shape index (κ1) is 12.4. The standard InChI is InChI=1S/C11H16F3N3/c1-7(15-5-8-3-2-4-8)10-16-6-9(17-10)11(12,13)14/h6-8,15H,2-5H2,1H3,(H,16,17). The summed E-state index contributed by atoms with van der Waals surface area (Å²) in [7, 11) is 0. The minimum Gasteiger partial charge on any atom is -0.337 e. The highest BCUT2D eigenvalue weighted by atomic mass is 19.4. The minimum absolute atomic E-state index is 0.174. The van der Waals surface area contributed by atoms with Crippen LogP contribution in [0, 0.1) is 5.92 Å². The maximum atomic E-state index is 12.4. The van der Waals surface area contributed by atoms with Gasteiger partial charge in [0.15, 0.2) is 0 Å². The van der Waals surface area contributed by atoms with Crippen molar-refractivity contribution in [2.45, 2.75) is 38.4 Å². The number of nitrogens with one attached hydrogen (secondary N) is 2. The maximum Gasteiger partial charge on any atom is 0.432 e. The molecule has 0 aromatic carbocycles. The Morgan fingerprint density at radius 3 is 2.71 bits per heavy atom. The van der Waals surface area contributed by atoms with E-state index in [9.17, 15) is 13.2 Å². The molecule has 1 fully saturated rings. The van der Waals surface area contributed by atoms with Crippen molar-refractivity contribution < 1.29 is 13.2 Å². The summed E-state index contributed by atoms with van der Waals surface area (Å²) in [6, 6.07) is -0.174. The Labute approximate surface area is 97.8 Å². The number of hydrogen-bond donors (Lipinski definition) is 2. The Hall–Kier alpha value is -1.04. The van der Waals surface area contributed by atoms with Crippen molar-refractivity contribution in [3.8, 4) is 0 Å². The first-order valence-electron chi connectivity index (χ1n) is 5.82. The number of aromatic nitrogens is 2. The summed E-state index contributed by atoms with van der Waals surface area (Å²) in [6.45, 7) is 2.67. The molecule has 0 spiro atoms. The number of nitrogens with zero attached hydrogens (tertiary/aromatic N) is 1. The molecule has 1 aromatic rings. The van der Waals surface area contributed by atoms with Crippen LogP contribution in [0.5, 0.6) is 0 Å². The highest BCUT2D eigenvalue weighted by Gasteiger charge is 2.33. The van der Waals surface area contributed by atoms with Crippen LogP contribution in [0.3, 0.4) is 0 Å². The minimum atomic E-state index is -4.35. The van der Waals surface area contributed by atoms with E-state index in [-0.39, 0.29) is 6.04 Å². The largest absolute Gasteiger partial charge is 0.432 e. The molecule has 2 rings (SSSR count). The number of halogens is 3. The lowest BCUT2D eigenvalue weighted by atomic mass is 9.85. The van der Waals surface area contributed by atoms with Crippen LogP contribution in [-0.4, -0.2) is 16.5 Å².